The zero-order valence-electron chi connectivity index (χ0n) is 20.8. The fourth-order valence-electron chi connectivity index (χ4n) is 6.54. The third-order valence-electron chi connectivity index (χ3n) is 8.22. The summed E-state index contributed by atoms with van der Waals surface area (Å²) in [5.41, 5.74) is 6.52. The van der Waals surface area contributed by atoms with Gasteiger partial charge in [-0.3, -0.25) is 0 Å². The number of fused-ring (bicyclic) bond motifs is 8. The van der Waals surface area contributed by atoms with E-state index in [1.54, 1.807) is 12.1 Å². The van der Waals surface area contributed by atoms with Crippen molar-refractivity contribution in [3.63, 3.8) is 0 Å². The molecule has 40 heavy (non-hydrogen) atoms. The number of nitrogens with zero attached hydrogens (tertiary/aromatic N) is 2. The molecule has 0 saturated carbocycles. The molecule has 0 saturated heterocycles. The Hall–Kier alpha value is -5.59. The highest BCUT2D eigenvalue weighted by Crippen LogP contribution is 2.40. The quantitative estimate of drug-likeness (QED) is 0.291. The molecule has 8 heteroatoms. The second-order valence-corrected chi connectivity index (χ2v) is 10.2. The first-order chi connectivity index (χ1) is 19.7. The van der Waals surface area contributed by atoms with Crippen LogP contribution < -0.4 is 51.7 Å². The van der Waals surface area contributed by atoms with Crippen LogP contribution in [0.25, 0.3) is 0 Å². The van der Waals surface area contributed by atoms with Gasteiger partial charge in [-0.25, -0.2) is 0 Å². The van der Waals surface area contributed by atoms with Crippen LogP contribution in [0.1, 0.15) is 11.1 Å². The molecule has 5 aromatic carbocycles. The molecular weight excluding hydrogens is 498 g/mol. The van der Waals surface area contributed by atoms with Crippen molar-refractivity contribution in [2.75, 3.05) is 0 Å². The molecule has 4 heterocycles. The topological polar surface area (TPSA) is 84.5 Å². The number of ether oxygens (including phenoxy) is 4. The lowest BCUT2D eigenvalue weighted by atomic mass is 9.31. The number of para-hydroxylation sites is 2. The van der Waals surface area contributed by atoms with Gasteiger partial charge in [0, 0.05) is 17.0 Å². The van der Waals surface area contributed by atoms with Crippen LogP contribution in [0.3, 0.4) is 0 Å². The average Bonchev–Trinajstić information content (AvgIpc) is 3.00. The molecule has 0 spiro atoms. The van der Waals surface area contributed by atoms with E-state index in [-0.39, 0.29) is 13.4 Å². The summed E-state index contributed by atoms with van der Waals surface area (Å²) >= 11 is 0. The highest BCUT2D eigenvalue weighted by atomic mass is 16.5. The zero-order valence-corrected chi connectivity index (χ0v) is 20.8. The monoisotopic (exact) mass is 512 g/mol. The Morgan fingerprint density at radius 2 is 0.925 bits per heavy atom. The van der Waals surface area contributed by atoms with E-state index in [4.69, 9.17) is 18.9 Å². The number of hydrogen-bond acceptors (Lipinski definition) is 6. The smallest absolute Gasteiger partial charge is 0.260 e. The highest BCUT2D eigenvalue weighted by molar-refractivity contribution is 7.01. The third kappa shape index (κ3) is 2.62. The van der Waals surface area contributed by atoms with Crippen LogP contribution in [0, 0.1) is 22.7 Å². The van der Waals surface area contributed by atoms with Gasteiger partial charge >= 0.3 is 0 Å². The van der Waals surface area contributed by atoms with Gasteiger partial charge in [0.1, 0.15) is 58.1 Å². The highest BCUT2D eigenvalue weighted by Gasteiger charge is 2.45. The lowest BCUT2D eigenvalue weighted by molar-refractivity contribution is 0.450. The molecule has 0 aromatic heterocycles. The Kier molecular flexibility index (Phi) is 4.00. The zero-order chi connectivity index (χ0) is 26.5. The summed E-state index contributed by atoms with van der Waals surface area (Å²) in [7, 11) is 0. The Labute approximate surface area is 229 Å². The standard InChI is InChI=1S/C32H14B2N2O4/c35-15-17-9-11-25-29-31(17)39-27-14-28-22(13-21(27)33(29)19-5-1-3-7-23(19)37-25)34-20-6-2-4-8-24(20)38-26-12-10-18(16-36)32(40-28)30(26)34/h1-14H. The second-order valence-electron chi connectivity index (χ2n) is 10.2. The molecule has 0 unspecified atom stereocenters. The number of rotatable bonds is 0. The minimum Gasteiger partial charge on any atom is -0.458 e. The molecule has 0 bridgehead atoms. The lowest BCUT2D eigenvalue weighted by Crippen LogP contribution is -2.61. The van der Waals surface area contributed by atoms with E-state index in [9.17, 15) is 10.5 Å². The van der Waals surface area contributed by atoms with E-state index in [0.29, 0.717) is 45.6 Å². The van der Waals surface area contributed by atoms with Crippen molar-refractivity contribution >= 4 is 46.2 Å². The summed E-state index contributed by atoms with van der Waals surface area (Å²) < 4.78 is 25.5. The Bertz CT molecular complexity index is 1930. The van der Waals surface area contributed by atoms with Crippen LogP contribution in [-0.2, 0) is 0 Å². The van der Waals surface area contributed by atoms with E-state index >= 15 is 0 Å². The SMILES string of the molecule is N#Cc1ccc2c3c1Oc1cc4c(cc1B3c1ccccc1O2)B1c2ccccc2Oc2ccc(C#N)c(c21)O4. The van der Waals surface area contributed by atoms with E-state index in [2.05, 4.69) is 30.3 Å². The van der Waals surface area contributed by atoms with Crippen LogP contribution in [0.15, 0.2) is 84.9 Å². The predicted octanol–water partition coefficient (Wildman–Crippen LogP) is 2.89. The summed E-state index contributed by atoms with van der Waals surface area (Å²) in [6, 6.07) is 31.7. The summed E-state index contributed by atoms with van der Waals surface area (Å²) in [5.74, 6) is 5.14. The largest absolute Gasteiger partial charge is 0.458 e. The number of hydrogen-bond donors (Lipinski definition) is 0. The van der Waals surface area contributed by atoms with Gasteiger partial charge < -0.3 is 18.9 Å². The van der Waals surface area contributed by atoms with Crippen molar-refractivity contribution in [3.05, 3.63) is 96.1 Å². The van der Waals surface area contributed by atoms with Crippen molar-refractivity contribution in [1.29, 1.82) is 10.5 Å². The molecule has 0 amide bonds. The fourth-order valence-corrected chi connectivity index (χ4v) is 6.54. The molecule has 4 aliphatic rings. The average molecular weight is 512 g/mol. The van der Waals surface area contributed by atoms with Gasteiger partial charge in [0.15, 0.2) is 0 Å². The van der Waals surface area contributed by atoms with E-state index in [0.717, 1.165) is 44.3 Å². The van der Waals surface area contributed by atoms with Gasteiger partial charge in [-0.2, -0.15) is 10.5 Å². The Morgan fingerprint density at radius 1 is 0.450 bits per heavy atom. The molecule has 6 nitrogen and oxygen atoms in total. The first-order valence-electron chi connectivity index (χ1n) is 12.9. The molecule has 0 atom stereocenters. The van der Waals surface area contributed by atoms with E-state index in [1.165, 1.54) is 0 Å². The summed E-state index contributed by atoms with van der Waals surface area (Å²) in [6.07, 6.45) is 0. The van der Waals surface area contributed by atoms with Crippen molar-refractivity contribution < 1.29 is 18.9 Å². The van der Waals surface area contributed by atoms with Gasteiger partial charge in [-0.15, -0.1) is 0 Å². The second kappa shape index (κ2) is 7.50. The van der Waals surface area contributed by atoms with E-state index in [1.807, 2.05) is 54.6 Å². The van der Waals surface area contributed by atoms with Gasteiger partial charge in [0.2, 0.25) is 0 Å². The fraction of sp³-hybridized carbons (Fsp3) is 0. The number of nitriles is 2. The summed E-state index contributed by atoms with van der Waals surface area (Å²) in [6.45, 7) is -0.391. The van der Waals surface area contributed by atoms with Gasteiger partial charge in [-0.05, 0) is 58.2 Å². The maximum Gasteiger partial charge on any atom is 0.260 e. The van der Waals surface area contributed by atoms with Crippen molar-refractivity contribution in [3.8, 4) is 58.1 Å². The number of benzene rings is 5. The van der Waals surface area contributed by atoms with Gasteiger partial charge in [0.25, 0.3) is 13.4 Å². The van der Waals surface area contributed by atoms with Crippen LogP contribution in [0.2, 0.25) is 0 Å². The Balaban J connectivity index is 1.34. The molecule has 0 radical (unpaired) electrons. The van der Waals surface area contributed by atoms with Crippen LogP contribution in [0.4, 0.5) is 0 Å². The molecule has 4 aliphatic heterocycles. The van der Waals surface area contributed by atoms with Crippen molar-refractivity contribution in [2.24, 2.45) is 0 Å². The van der Waals surface area contributed by atoms with Crippen LogP contribution in [0.5, 0.6) is 46.0 Å². The molecule has 9 rings (SSSR count). The van der Waals surface area contributed by atoms with Crippen molar-refractivity contribution in [2.45, 2.75) is 0 Å². The van der Waals surface area contributed by atoms with Crippen LogP contribution in [-0.4, -0.2) is 13.4 Å². The molecule has 5 aromatic rings. The molecule has 182 valence electrons. The maximum atomic E-state index is 9.92. The van der Waals surface area contributed by atoms with E-state index < -0.39 is 0 Å². The first kappa shape index (κ1) is 21.4. The van der Waals surface area contributed by atoms with Gasteiger partial charge in [-0.1, -0.05) is 42.5 Å². The maximum absolute atomic E-state index is 9.92. The van der Waals surface area contributed by atoms with Gasteiger partial charge in [0.05, 0.1) is 11.1 Å². The Morgan fingerprint density at radius 3 is 1.40 bits per heavy atom. The minimum absolute atomic E-state index is 0.196. The normalized spacial score (nSPS) is 13.7. The lowest BCUT2D eigenvalue weighted by Gasteiger charge is -2.36. The molecule has 0 N–H and O–H groups in total. The molecular formula is C32H14B2N2O4. The summed E-state index contributed by atoms with van der Waals surface area (Å²) in [5, 5.41) is 19.8. The van der Waals surface area contributed by atoms with Crippen LogP contribution >= 0.6 is 0 Å². The first-order valence-corrected chi connectivity index (χ1v) is 12.9. The minimum atomic E-state index is -0.196. The molecule has 0 aliphatic carbocycles. The third-order valence-corrected chi connectivity index (χ3v) is 8.22. The summed E-state index contributed by atoms with van der Waals surface area (Å²) in [4.78, 5) is 0. The molecule has 0 fully saturated rings. The predicted molar refractivity (Wildman–Crippen MR) is 151 cm³/mol. The van der Waals surface area contributed by atoms with Crippen molar-refractivity contribution in [1.82, 2.24) is 0 Å².